The van der Waals surface area contributed by atoms with Crippen LogP contribution >= 0.6 is 11.6 Å². The molecule has 1 aromatic rings. The third-order valence-electron chi connectivity index (χ3n) is 4.66. The monoisotopic (exact) mass is 327 g/mol. The highest BCUT2D eigenvalue weighted by Gasteiger charge is 2.50. The molecule has 0 radical (unpaired) electrons. The van der Waals surface area contributed by atoms with Gasteiger partial charge in [-0.25, -0.2) is 4.39 Å². The Balaban J connectivity index is 1.53. The first-order valence-electron chi connectivity index (χ1n) is 7.51. The van der Waals surface area contributed by atoms with Crippen molar-refractivity contribution in [3.8, 4) is 0 Å². The smallest absolute Gasteiger partial charge is 0.306 e. The summed E-state index contributed by atoms with van der Waals surface area (Å²) in [6.45, 7) is 1.26. The van der Waals surface area contributed by atoms with Gasteiger partial charge in [0, 0.05) is 19.2 Å². The molecule has 3 rings (SSSR count). The van der Waals surface area contributed by atoms with Crippen molar-refractivity contribution in [1.29, 1.82) is 0 Å². The quantitative estimate of drug-likeness (QED) is 0.892. The van der Waals surface area contributed by atoms with Crippen LogP contribution in [0.4, 0.5) is 4.39 Å². The molecule has 1 unspecified atom stereocenters. The van der Waals surface area contributed by atoms with Gasteiger partial charge in [0.25, 0.3) is 0 Å². The summed E-state index contributed by atoms with van der Waals surface area (Å²) in [5, 5.41) is 12.6. The fraction of sp³-hybridized carbons (Fsp3) is 0.562. The van der Waals surface area contributed by atoms with Crippen molar-refractivity contribution in [2.75, 3.05) is 6.61 Å². The molecule has 2 N–H and O–H groups in total. The summed E-state index contributed by atoms with van der Waals surface area (Å²) >= 11 is 5.78. The number of halogens is 2. The number of nitrogens with one attached hydrogen (secondary N) is 1. The molecular formula is C16H19ClFNO3. The van der Waals surface area contributed by atoms with Crippen LogP contribution in [0.15, 0.2) is 18.2 Å². The highest BCUT2D eigenvalue weighted by atomic mass is 35.5. The summed E-state index contributed by atoms with van der Waals surface area (Å²) in [5.41, 5.74) is 0.670. The largest absolute Gasteiger partial charge is 0.481 e. The fourth-order valence-corrected chi connectivity index (χ4v) is 3.61. The molecule has 22 heavy (non-hydrogen) atoms. The highest BCUT2D eigenvalue weighted by Crippen LogP contribution is 2.46. The molecule has 2 aliphatic rings. The number of carboxylic acid groups (broad SMARTS) is 1. The third-order valence-corrected chi connectivity index (χ3v) is 4.95. The average Bonchev–Trinajstić information content (AvgIpc) is 2.46. The van der Waals surface area contributed by atoms with Crippen molar-refractivity contribution in [2.45, 2.75) is 43.9 Å². The molecule has 1 aliphatic carbocycles. The number of carboxylic acids is 1. The van der Waals surface area contributed by atoms with Gasteiger partial charge in [-0.05, 0) is 43.4 Å². The van der Waals surface area contributed by atoms with Gasteiger partial charge < -0.3 is 15.2 Å². The minimum absolute atomic E-state index is 0.131. The molecule has 120 valence electrons. The minimum Gasteiger partial charge on any atom is -0.481 e. The van der Waals surface area contributed by atoms with E-state index in [0.29, 0.717) is 26.0 Å². The second-order valence-corrected chi connectivity index (χ2v) is 6.70. The van der Waals surface area contributed by atoms with Gasteiger partial charge in [0.05, 0.1) is 16.5 Å². The number of benzene rings is 1. The van der Waals surface area contributed by atoms with Crippen LogP contribution in [0, 0.1) is 11.7 Å². The molecule has 1 aromatic carbocycles. The Labute approximate surface area is 133 Å². The summed E-state index contributed by atoms with van der Waals surface area (Å²) in [7, 11) is 0. The summed E-state index contributed by atoms with van der Waals surface area (Å²) in [4.78, 5) is 10.9. The Morgan fingerprint density at radius 3 is 2.91 bits per heavy atom. The van der Waals surface area contributed by atoms with Crippen molar-refractivity contribution in [3.05, 3.63) is 34.6 Å². The lowest BCUT2D eigenvalue weighted by molar-refractivity contribution is -0.181. The zero-order chi connectivity index (χ0) is 15.7. The maximum atomic E-state index is 13.1. The Morgan fingerprint density at radius 2 is 2.23 bits per heavy atom. The van der Waals surface area contributed by atoms with Crippen LogP contribution in [0.5, 0.6) is 0 Å². The first-order valence-corrected chi connectivity index (χ1v) is 7.89. The standard InChI is InChI=1S/C16H19ClFNO3/c17-13-5-10(1-2-14(13)18)9-19-12-3-4-22-16(8-12)6-11(7-16)15(20)21/h1-2,5,11-12,19H,3-4,6-9H2,(H,20,21). The van der Waals surface area contributed by atoms with Gasteiger partial charge in [-0.2, -0.15) is 0 Å². The fourth-order valence-electron chi connectivity index (χ4n) is 3.41. The molecule has 1 aliphatic heterocycles. The van der Waals surface area contributed by atoms with E-state index >= 15 is 0 Å². The van der Waals surface area contributed by atoms with Crippen molar-refractivity contribution in [1.82, 2.24) is 5.32 Å². The van der Waals surface area contributed by atoms with Gasteiger partial charge in [-0.3, -0.25) is 4.79 Å². The van der Waals surface area contributed by atoms with E-state index in [-0.39, 0.29) is 22.6 Å². The van der Waals surface area contributed by atoms with Gasteiger partial charge in [-0.15, -0.1) is 0 Å². The first-order chi connectivity index (χ1) is 10.5. The van der Waals surface area contributed by atoms with E-state index in [0.717, 1.165) is 18.4 Å². The molecule has 6 heteroatoms. The zero-order valence-electron chi connectivity index (χ0n) is 12.1. The van der Waals surface area contributed by atoms with Crippen molar-refractivity contribution < 1.29 is 19.0 Å². The molecule has 1 spiro atoms. The zero-order valence-corrected chi connectivity index (χ0v) is 12.9. The number of aliphatic carboxylic acids is 1. The van der Waals surface area contributed by atoms with Crippen LogP contribution in [0.1, 0.15) is 31.2 Å². The van der Waals surface area contributed by atoms with E-state index in [1.165, 1.54) is 6.07 Å². The van der Waals surface area contributed by atoms with E-state index in [2.05, 4.69) is 5.32 Å². The Bertz CT molecular complexity index is 575. The van der Waals surface area contributed by atoms with Gasteiger partial charge in [0.15, 0.2) is 0 Å². The van der Waals surface area contributed by atoms with Crippen molar-refractivity contribution in [3.63, 3.8) is 0 Å². The molecule has 1 saturated heterocycles. The van der Waals surface area contributed by atoms with Crippen molar-refractivity contribution >= 4 is 17.6 Å². The highest BCUT2D eigenvalue weighted by molar-refractivity contribution is 6.30. The van der Waals surface area contributed by atoms with E-state index in [4.69, 9.17) is 21.4 Å². The topological polar surface area (TPSA) is 58.6 Å². The van der Waals surface area contributed by atoms with E-state index in [1.807, 2.05) is 0 Å². The predicted octanol–water partition coefficient (Wildman–Crippen LogP) is 2.98. The second-order valence-electron chi connectivity index (χ2n) is 6.29. The lowest BCUT2D eigenvalue weighted by Crippen LogP contribution is -2.55. The normalized spacial score (nSPS) is 31.0. The molecule has 1 heterocycles. The maximum Gasteiger partial charge on any atom is 0.306 e. The van der Waals surface area contributed by atoms with E-state index in [9.17, 15) is 9.18 Å². The molecule has 1 saturated carbocycles. The van der Waals surface area contributed by atoms with Gasteiger partial charge in [-0.1, -0.05) is 17.7 Å². The van der Waals surface area contributed by atoms with Crippen LogP contribution in [-0.4, -0.2) is 29.3 Å². The van der Waals surface area contributed by atoms with Crippen LogP contribution in [0.3, 0.4) is 0 Å². The Kier molecular flexibility index (Phi) is 4.39. The summed E-state index contributed by atoms with van der Waals surface area (Å²) in [6, 6.07) is 5.00. The molecule has 0 amide bonds. The summed E-state index contributed by atoms with van der Waals surface area (Å²) < 4.78 is 19.0. The average molecular weight is 328 g/mol. The second kappa shape index (κ2) is 6.14. The van der Waals surface area contributed by atoms with E-state index < -0.39 is 11.8 Å². The molecule has 4 nitrogen and oxygen atoms in total. The summed E-state index contributed by atoms with van der Waals surface area (Å²) in [5.74, 6) is -1.41. The molecule has 0 aromatic heterocycles. The predicted molar refractivity (Wildman–Crippen MR) is 80.3 cm³/mol. The van der Waals surface area contributed by atoms with Crippen molar-refractivity contribution in [2.24, 2.45) is 5.92 Å². The number of hydrogen-bond donors (Lipinski definition) is 2. The first kappa shape index (κ1) is 15.7. The van der Waals surface area contributed by atoms with Crippen LogP contribution < -0.4 is 5.32 Å². The van der Waals surface area contributed by atoms with Crippen LogP contribution in [0.25, 0.3) is 0 Å². The van der Waals surface area contributed by atoms with Gasteiger partial charge in [0.1, 0.15) is 5.82 Å². The van der Waals surface area contributed by atoms with Crippen LogP contribution in [-0.2, 0) is 16.1 Å². The number of rotatable bonds is 4. The molecule has 2 fully saturated rings. The Morgan fingerprint density at radius 1 is 1.45 bits per heavy atom. The lowest BCUT2D eigenvalue weighted by atomic mass is 9.66. The summed E-state index contributed by atoms with van der Waals surface area (Å²) in [6.07, 6.45) is 2.92. The van der Waals surface area contributed by atoms with Gasteiger partial charge >= 0.3 is 5.97 Å². The van der Waals surface area contributed by atoms with Gasteiger partial charge in [0.2, 0.25) is 0 Å². The number of carbonyl (C=O) groups is 1. The third kappa shape index (κ3) is 3.26. The molecule has 1 atom stereocenters. The SMILES string of the molecule is O=C(O)C1CC2(CC(NCc3ccc(F)c(Cl)c3)CCO2)C1. The molecule has 0 bridgehead atoms. The van der Waals surface area contributed by atoms with Crippen LogP contribution in [0.2, 0.25) is 5.02 Å². The molecular weight excluding hydrogens is 309 g/mol. The number of ether oxygens (including phenoxy) is 1. The lowest BCUT2D eigenvalue weighted by Gasteiger charge is -2.50. The number of hydrogen-bond acceptors (Lipinski definition) is 3. The maximum absolute atomic E-state index is 13.1. The van der Waals surface area contributed by atoms with E-state index in [1.54, 1.807) is 12.1 Å². The minimum atomic E-state index is -0.731. The Hall–Kier alpha value is -1.17.